The van der Waals surface area contributed by atoms with E-state index in [1.807, 2.05) is 19.1 Å². The molecular formula is C18H16ClNO3. The third-order valence-corrected chi connectivity index (χ3v) is 4.07. The molecule has 2 aromatic rings. The first kappa shape index (κ1) is 15.6. The normalized spacial score (nSPS) is 16.4. The number of nitrogens with one attached hydrogen (secondary N) is 1. The molecule has 0 saturated carbocycles. The molecule has 1 amide bonds. The summed E-state index contributed by atoms with van der Waals surface area (Å²) in [5.41, 5.74) is 3.10. The van der Waals surface area contributed by atoms with Gasteiger partial charge in [0, 0.05) is 17.1 Å². The average molecular weight is 330 g/mol. The van der Waals surface area contributed by atoms with E-state index in [1.165, 1.54) is 0 Å². The molecule has 1 heterocycles. The van der Waals surface area contributed by atoms with E-state index in [1.54, 1.807) is 30.3 Å². The Balaban J connectivity index is 1.79. The molecule has 3 rings (SSSR count). The predicted molar refractivity (Wildman–Crippen MR) is 88.8 cm³/mol. The summed E-state index contributed by atoms with van der Waals surface area (Å²) >= 11 is 5.90. The van der Waals surface area contributed by atoms with Gasteiger partial charge in [0.15, 0.2) is 6.10 Å². The molecule has 118 valence electrons. The van der Waals surface area contributed by atoms with Crippen molar-refractivity contribution >= 4 is 29.2 Å². The van der Waals surface area contributed by atoms with Crippen molar-refractivity contribution < 1.29 is 14.3 Å². The minimum Gasteiger partial charge on any atom is -0.448 e. The van der Waals surface area contributed by atoms with Gasteiger partial charge in [0.1, 0.15) is 0 Å². The lowest BCUT2D eigenvalue weighted by molar-refractivity contribution is -0.125. The second-order valence-electron chi connectivity index (χ2n) is 5.44. The van der Waals surface area contributed by atoms with Crippen LogP contribution in [0.15, 0.2) is 42.5 Å². The molecule has 0 aliphatic carbocycles. The van der Waals surface area contributed by atoms with Crippen LogP contribution in [-0.2, 0) is 22.4 Å². The largest absolute Gasteiger partial charge is 0.448 e. The summed E-state index contributed by atoms with van der Waals surface area (Å²) in [5, 5.41) is 3.26. The third-order valence-electron chi connectivity index (χ3n) is 3.84. The fraction of sp³-hybridized carbons (Fsp3) is 0.222. The summed E-state index contributed by atoms with van der Waals surface area (Å²) in [4.78, 5) is 24.4. The highest BCUT2D eigenvalue weighted by Crippen LogP contribution is 2.24. The summed E-state index contributed by atoms with van der Waals surface area (Å²) in [6.45, 7) is 2.05. The molecule has 0 bridgehead atoms. The van der Waals surface area contributed by atoms with Crippen LogP contribution in [0.4, 0.5) is 5.69 Å². The van der Waals surface area contributed by atoms with E-state index >= 15 is 0 Å². The van der Waals surface area contributed by atoms with Crippen molar-refractivity contribution in [3.05, 3.63) is 64.2 Å². The Labute approximate surface area is 139 Å². The van der Waals surface area contributed by atoms with E-state index in [4.69, 9.17) is 16.3 Å². The molecule has 1 N–H and O–H groups in total. The minimum atomic E-state index is -0.832. The molecule has 1 aliphatic rings. The second-order valence-corrected chi connectivity index (χ2v) is 5.88. The highest BCUT2D eigenvalue weighted by molar-refractivity contribution is 6.30. The predicted octanol–water partition coefficient (Wildman–Crippen LogP) is 3.62. The zero-order valence-electron chi connectivity index (χ0n) is 12.6. The fourth-order valence-electron chi connectivity index (χ4n) is 2.60. The third kappa shape index (κ3) is 3.37. The number of rotatable bonds is 3. The maximum atomic E-state index is 12.4. The monoisotopic (exact) mass is 329 g/mol. The zero-order chi connectivity index (χ0) is 16.4. The van der Waals surface area contributed by atoms with Crippen LogP contribution in [0.5, 0.6) is 0 Å². The average Bonchev–Trinajstić information content (AvgIpc) is 2.54. The van der Waals surface area contributed by atoms with Gasteiger partial charge in [-0.2, -0.15) is 0 Å². The second kappa shape index (κ2) is 6.42. The maximum Gasteiger partial charge on any atom is 0.339 e. The number of anilines is 1. The van der Waals surface area contributed by atoms with E-state index in [0.717, 1.165) is 17.5 Å². The van der Waals surface area contributed by atoms with Crippen LogP contribution in [0.3, 0.4) is 0 Å². The van der Waals surface area contributed by atoms with Gasteiger partial charge in [0.25, 0.3) is 5.91 Å². The number of carbonyl (C=O) groups is 2. The minimum absolute atomic E-state index is 0.354. The summed E-state index contributed by atoms with van der Waals surface area (Å²) in [6, 6.07) is 12.5. The van der Waals surface area contributed by atoms with E-state index in [0.29, 0.717) is 22.7 Å². The number of amides is 1. The Hall–Kier alpha value is -2.33. The van der Waals surface area contributed by atoms with E-state index < -0.39 is 12.1 Å². The van der Waals surface area contributed by atoms with Crippen molar-refractivity contribution in [2.24, 2.45) is 0 Å². The number of ether oxygens (including phenoxy) is 1. The number of esters is 1. The van der Waals surface area contributed by atoms with Crippen molar-refractivity contribution in [2.45, 2.75) is 25.9 Å². The van der Waals surface area contributed by atoms with Crippen molar-refractivity contribution in [3.8, 4) is 0 Å². The number of aryl methyl sites for hydroxylation is 1. The number of hydrogen-bond acceptors (Lipinski definition) is 3. The standard InChI is InChI=1S/C18H16ClNO3/c1-2-11-6-7-15-12(8-11)9-16(23-18(15)22)17(21)20-14-5-3-4-13(19)10-14/h3-8,10,16H,2,9H2,1H3,(H,20,21). The first-order chi connectivity index (χ1) is 11.1. The number of carbonyl (C=O) groups excluding carboxylic acids is 2. The van der Waals surface area contributed by atoms with Gasteiger partial charge in [-0.3, -0.25) is 4.79 Å². The van der Waals surface area contributed by atoms with Crippen molar-refractivity contribution in [1.29, 1.82) is 0 Å². The van der Waals surface area contributed by atoms with E-state index in [9.17, 15) is 9.59 Å². The topological polar surface area (TPSA) is 55.4 Å². The van der Waals surface area contributed by atoms with Gasteiger partial charge in [0.2, 0.25) is 0 Å². The molecule has 23 heavy (non-hydrogen) atoms. The number of fused-ring (bicyclic) bond motifs is 1. The molecule has 1 aliphatic heterocycles. The quantitative estimate of drug-likeness (QED) is 0.875. The van der Waals surface area contributed by atoms with Gasteiger partial charge < -0.3 is 10.1 Å². The van der Waals surface area contributed by atoms with Gasteiger partial charge >= 0.3 is 5.97 Å². The first-order valence-electron chi connectivity index (χ1n) is 7.46. The Morgan fingerprint density at radius 2 is 2.13 bits per heavy atom. The Bertz CT molecular complexity index is 773. The number of hydrogen-bond donors (Lipinski definition) is 1. The van der Waals surface area contributed by atoms with Gasteiger partial charge in [-0.1, -0.05) is 36.7 Å². The van der Waals surface area contributed by atoms with Crippen molar-refractivity contribution in [2.75, 3.05) is 5.32 Å². The Morgan fingerprint density at radius 1 is 1.30 bits per heavy atom. The first-order valence-corrected chi connectivity index (χ1v) is 7.84. The number of halogens is 1. The molecule has 0 spiro atoms. The van der Waals surface area contributed by atoms with Crippen molar-refractivity contribution in [3.63, 3.8) is 0 Å². The number of cyclic esters (lactones) is 1. The lowest BCUT2D eigenvalue weighted by Crippen LogP contribution is -2.38. The van der Waals surface area contributed by atoms with Crippen LogP contribution in [0.2, 0.25) is 5.02 Å². The molecule has 1 unspecified atom stereocenters. The zero-order valence-corrected chi connectivity index (χ0v) is 13.4. The lowest BCUT2D eigenvalue weighted by atomic mass is 9.95. The molecule has 0 saturated heterocycles. The molecule has 0 radical (unpaired) electrons. The lowest BCUT2D eigenvalue weighted by Gasteiger charge is -2.24. The Morgan fingerprint density at radius 3 is 2.87 bits per heavy atom. The van der Waals surface area contributed by atoms with Crippen molar-refractivity contribution in [1.82, 2.24) is 0 Å². The smallest absolute Gasteiger partial charge is 0.339 e. The van der Waals surface area contributed by atoms with E-state index in [-0.39, 0.29) is 5.91 Å². The van der Waals surface area contributed by atoms with Gasteiger partial charge in [-0.15, -0.1) is 0 Å². The van der Waals surface area contributed by atoms with Crippen LogP contribution < -0.4 is 5.32 Å². The number of benzene rings is 2. The van der Waals surface area contributed by atoms with Crippen LogP contribution in [0, 0.1) is 0 Å². The molecule has 0 aromatic heterocycles. The molecule has 2 aromatic carbocycles. The van der Waals surface area contributed by atoms with Crippen LogP contribution in [0.25, 0.3) is 0 Å². The van der Waals surface area contributed by atoms with Gasteiger partial charge in [-0.05, 0) is 41.8 Å². The molecule has 0 fully saturated rings. The Kier molecular flexibility index (Phi) is 4.35. The maximum absolute atomic E-state index is 12.4. The van der Waals surface area contributed by atoms with Crippen LogP contribution in [0.1, 0.15) is 28.4 Å². The molecule has 1 atom stereocenters. The molecule has 4 nitrogen and oxygen atoms in total. The molecule has 5 heteroatoms. The van der Waals surface area contributed by atoms with Gasteiger partial charge in [-0.25, -0.2) is 4.79 Å². The summed E-state index contributed by atoms with van der Waals surface area (Å²) < 4.78 is 5.27. The highest BCUT2D eigenvalue weighted by Gasteiger charge is 2.31. The van der Waals surface area contributed by atoms with Crippen LogP contribution >= 0.6 is 11.6 Å². The molecular weight excluding hydrogens is 314 g/mol. The van der Waals surface area contributed by atoms with E-state index in [2.05, 4.69) is 5.32 Å². The fourth-order valence-corrected chi connectivity index (χ4v) is 2.79. The summed E-state index contributed by atoms with van der Waals surface area (Å²) in [5.74, 6) is -0.812. The van der Waals surface area contributed by atoms with Crippen LogP contribution in [-0.4, -0.2) is 18.0 Å². The van der Waals surface area contributed by atoms with Gasteiger partial charge in [0.05, 0.1) is 5.56 Å². The SMILES string of the molecule is CCc1ccc2c(c1)CC(C(=O)Nc1cccc(Cl)c1)OC2=O. The highest BCUT2D eigenvalue weighted by atomic mass is 35.5. The summed E-state index contributed by atoms with van der Waals surface area (Å²) in [7, 11) is 0. The summed E-state index contributed by atoms with van der Waals surface area (Å²) in [6.07, 6.45) is 0.421.